The molecule has 1 N–H and O–H groups in total. The van der Waals surface area contributed by atoms with Gasteiger partial charge in [-0.3, -0.25) is 4.68 Å². The zero-order chi connectivity index (χ0) is 14.7. The Morgan fingerprint density at radius 1 is 1.35 bits per heavy atom. The second-order valence-electron chi connectivity index (χ2n) is 5.16. The van der Waals surface area contributed by atoms with Crippen LogP contribution in [0.2, 0.25) is 0 Å². The fourth-order valence-corrected chi connectivity index (χ4v) is 2.37. The van der Waals surface area contributed by atoms with E-state index in [2.05, 4.69) is 24.3 Å². The Kier molecular flexibility index (Phi) is 4.55. The molecule has 1 atom stereocenters. The van der Waals surface area contributed by atoms with Crippen LogP contribution in [0.3, 0.4) is 0 Å². The third-order valence-electron chi connectivity index (χ3n) is 3.61. The Hall–Kier alpha value is -1.68. The van der Waals surface area contributed by atoms with E-state index in [0.717, 1.165) is 29.7 Å². The van der Waals surface area contributed by atoms with Crippen molar-refractivity contribution in [3.63, 3.8) is 0 Å². The van der Waals surface area contributed by atoms with Crippen molar-refractivity contribution in [1.82, 2.24) is 15.1 Å². The summed E-state index contributed by atoms with van der Waals surface area (Å²) in [5.41, 5.74) is 3.58. The van der Waals surface area contributed by atoms with Crippen LogP contribution in [0.5, 0.6) is 0 Å². The molecule has 1 aromatic carbocycles. The molecule has 108 valence electrons. The van der Waals surface area contributed by atoms with E-state index in [0.29, 0.717) is 5.56 Å². The molecule has 2 rings (SSSR count). The minimum absolute atomic E-state index is 0.192. The van der Waals surface area contributed by atoms with Crippen LogP contribution in [0, 0.1) is 5.82 Å². The first-order chi connectivity index (χ1) is 9.56. The molecule has 0 aliphatic carbocycles. The van der Waals surface area contributed by atoms with Gasteiger partial charge in [-0.15, -0.1) is 0 Å². The standard InChI is InChI=1S/C16H22FN3/c1-5-6-16-14(10-20(4)19-16)13-9-12(11(2)18-3)7-8-15(13)17/h7-11,18H,5-6H2,1-4H3. The highest BCUT2D eigenvalue weighted by Crippen LogP contribution is 2.29. The summed E-state index contributed by atoms with van der Waals surface area (Å²) in [6, 6.07) is 5.49. The maximum absolute atomic E-state index is 14.2. The van der Waals surface area contributed by atoms with Crippen LogP contribution >= 0.6 is 0 Å². The van der Waals surface area contributed by atoms with Crippen molar-refractivity contribution in [2.75, 3.05) is 7.05 Å². The van der Waals surface area contributed by atoms with Crippen molar-refractivity contribution >= 4 is 0 Å². The van der Waals surface area contributed by atoms with Gasteiger partial charge < -0.3 is 5.32 Å². The smallest absolute Gasteiger partial charge is 0.131 e. The lowest BCUT2D eigenvalue weighted by Gasteiger charge is -2.13. The van der Waals surface area contributed by atoms with Crippen molar-refractivity contribution in [2.24, 2.45) is 7.05 Å². The molecular formula is C16H22FN3. The number of halogens is 1. The van der Waals surface area contributed by atoms with Gasteiger partial charge in [0.05, 0.1) is 5.69 Å². The molecule has 0 amide bonds. The Balaban J connectivity index is 2.51. The number of rotatable bonds is 5. The van der Waals surface area contributed by atoms with Gasteiger partial charge in [0.2, 0.25) is 0 Å². The number of benzene rings is 1. The van der Waals surface area contributed by atoms with Gasteiger partial charge in [-0.1, -0.05) is 19.4 Å². The third-order valence-corrected chi connectivity index (χ3v) is 3.61. The van der Waals surface area contributed by atoms with Gasteiger partial charge in [-0.05, 0) is 38.1 Å². The molecule has 0 radical (unpaired) electrons. The zero-order valence-electron chi connectivity index (χ0n) is 12.6. The lowest BCUT2D eigenvalue weighted by atomic mass is 9.98. The molecule has 2 aromatic rings. The van der Waals surface area contributed by atoms with Crippen molar-refractivity contribution in [2.45, 2.75) is 32.7 Å². The van der Waals surface area contributed by atoms with E-state index in [-0.39, 0.29) is 11.9 Å². The van der Waals surface area contributed by atoms with Crippen molar-refractivity contribution in [3.05, 3.63) is 41.5 Å². The Morgan fingerprint density at radius 3 is 2.75 bits per heavy atom. The van der Waals surface area contributed by atoms with E-state index < -0.39 is 0 Å². The molecule has 0 aliphatic heterocycles. The van der Waals surface area contributed by atoms with Gasteiger partial charge in [-0.25, -0.2) is 4.39 Å². The number of aryl methyl sites for hydroxylation is 2. The predicted octanol–water partition coefficient (Wildman–Crippen LogP) is 3.46. The predicted molar refractivity (Wildman–Crippen MR) is 80.1 cm³/mol. The monoisotopic (exact) mass is 275 g/mol. The summed E-state index contributed by atoms with van der Waals surface area (Å²) in [5.74, 6) is -0.192. The molecule has 0 saturated heterocycles. The lowest BCUT2D eigenvalue weighted by Crippen LogP contribution is -2.12. The summed E-state index contributed by atoms with van der Waals surface area (Å²) in [5, 5.41) is 7.63. The molecule has 0 spiro atoms. The lowest BCUT2D eigenvalue weighted by molar-refractivity contribution is 0.622. The quantitative estimate of drug-likeness (QED) is 0.905. The van der Waals surface area contributed by atoms with Gasteiger partial charge >= 0.3 is 0 Å². The summed E-state index contributed by atoms with van der Waals surface area (Å²) in [7, 11) is 3.78. The zero-order valence-corrected chi connectivity index (χ0v) is 12.6. The molecule has 4 heteroatoms. The molecule has 1 unspecified atom stereocenters. The Bertz CT molecular complexity index is 589. The summed E-state index contributed by atoms with van der Waals surface area (Å²) >= 11 is 0. The highest BCUT2D eigenvalue weighted by Gasteiger charge is 2.15. The highest BCUT2D eigenvalue weighted by molar-refractivity contribution is 5.67. The van der Waals surface area contributed by atoms with Crippen LogP contribution in [0.4, 0.5) is 4.39 Å². The largest absolute Gasteiger partial charge is 0.313 e. The summed E-state index contributed by atoms with van der Waals surface area (Å²) in [6.07, 6.45) is 3.76. The van der Waals surface area contributed by atoms with Crippen LogP contribution in [-0.2, 0) is 13.5 Å². The first-order valence-corrected chi connectivity index (χ1v) is 7.06. The average molecular weight is 275 g/mol. The van der Waals surface area contributed by atoms with Gasteiger partial charge in [-0.2, -0.15) is 5.10 Å². The minimum atomic E-state index is -0.192. The summed E-state index contributed by atoms with van der Waals surface area (Å²) < 4.78 is 16.0. The number of hydrogen-bond acceptors (Lipinski definition) is 2. The summed E-state index contributed by atoms with van der Waals surface area (Å²) in [4.78, 5) is 0. The number of nitrogens with zero attached hydrogens (tertiary/aromatic N) is 2. The molecule has 20 heavy (non-hydrogen) atoms. The molecule has 3 nitrogen and oxygen atoms in total. The Morgan fingerprint density at radius 2 is 2.10 bits per heavy atom. The second-order valence-corrected chi connectivity index (χ2v) is 5.16. The molecule has 0 aliphatic rings. The van der Waals surface area contributed by atoms with Crippen molar-refractivity contribution in [3.8, 4) is 11.1 Å². The van der Waals surface area contributed by atoms with Gasteiger partial charge in [0.25, 0.3) is 0 Å². The van der Waals surface area contributed by atoms with Crippen LogP contribution in [0.1, 0.15) is 37.6 Å². The normalized spacial score (nSPS) is 12.7. The van der Waals surface area contributed by atoms with Crippen LogP contribution in [0.15, 0.2) is 24.4 Å². The molecular weight excluding hydrogens is 253 g/mol. The number of hydrogen-bond donors (Lipinski definition) is 1. The van der Waals surface area contributed by atoms with E-state index in [1.165, 1.54) is 0 Å². The van der Waals surface area contributed by atoms with Crippen LogP contribution in [-0.4, -0.2) is 16.8 Å². The van der Waals surface area contributed by atoms with E-state index in [1.807, 2.05) is 32.4 Å². The van der Waals surface area contributed by atoms with Gasteiger partial charge in [0.1, 0.15) is 5.82 Å². The topological polar surface area (TPSA) is 29.9 Å². The number of nitrogens with one attached hydrogen (secondary N) is 1. The van der Waals surface area contributed by atoms with E-state index >= 15 is 0 Å². The molecule has 1 heterocycles. The molecule has 1 aromatic heterocycles. The third kappa shape index (κ3) is 2.90. The Labute approximate surface area is 119 Å². The second kappa shape index (κ2) is 6.18. The maximum atomic E-state index is 14.2. The summed E-state index contributed by atoms with van der Waals surface area (Å²) in [6.45, 7) is 4.17. The van der Waals surface area contributed by atoms with Crippen molar-refractivity contribution < 1.29 is 4.39 Å². The van der Waals surface area contributed by atoms with E-state index in [9.17, 15) is 4.39 Å². The van der Waals surface area contributed by atoms with Crippen molar-refractivity contribution in [1.29, 1.82) is 0 Å². The molecule has 0 fully saturated rings. The van der Waals surface area contributed by atoms with Crippen LogP contribution < -0.4 is 5.32 Å². The highest BCUT2D eigenvalue weighted by atomic mass is 19.1. The van der Waals surface area contributed by atoms with E-state index in [1.54, 1.807) is 10.7 Å². The van der Waals surface area contributed by atoms with Crippen LogP contribution in [0.25, 0.3) is 11.1 Å². The first-order valence-electron chi connectivity index (χ1n) is 7.06. The fourth-order valence-electron chi connectivity index (χ4n) is 2.37. The fraction of sp³-hybridized carbons (Fsp3) is 0.438. The minimum Gasteiger partial charge on any atom is -0.313 e. The van der Waals surface area contributed by atoms with Gasteiger partial charge in [0.15, 0.2) is 0 Å². The van der Waals surface area contributed by atoms with E-state index in [4.69, 9.17) is 0 Å². The molecule has 0 saturated carbocycles. The number of aromatic nitrogens is 2. The van der Waals surface area contributed by atoms with Gasteiger partial charge in [0, 0.05) is 30.4 Å². The first kappa shape index (κ1) is 14.7. The maximum Gasteiger partial charge on any atom is 0.131 e. The SMILES string of the molecule is CCCc1nn(C)cc1-c1cc(C(C)NC)ccc1F. The average Bonchev–Trinajstić information content (AvgIpc) is 2.79. The molecule has 0 bridgehead atoms.